The van der Waals surface area contributed by atoms with Crippen LogP contribution in [0.25, 0.3) is 0 Å². The van der Waals surface area contributed by atoms with E-state index in [1.807, 2.05) is 65.6 Å². The molecule has 3 aromatic rings. The second-order valence-electron chi connectivity index (χ2n) is 12.1. The summed E-state index contributed by atoms with van der Waals surface area (Å²) in [5.41, 5.74) is 3.99. The van der Waals surface area contributed by atoms with Gasteiger partial charge in [-0.15, -0.1) is 0 Å². The largest absolute Gasteiger partial charge is 0.457 e. The molecule has 5 rings (SSSR count). The standard InChI is InChI=1S/C33H39N3O3/c1-23(22-33(2,3)4)21-30(37)34-24-13-15-25(16-14-24)35-17-19-36(20-18-35)32(38)31-26-9-5-7-11-28(26)39-29-12-8-6-10-27(29)31/h5-16,23,31H,17-22H2,1-4H3,(H,34,37). The number of piperazine rings is 1. The number of fused-ring (bicyclic) bond motifs is 2. The van der Waals surface area contributed by atoms with Gasteiger partial charge in [0.05, 0.1) is 5.92 Å². The maximum atomic E-state index is 13.8. The number of para-hydroxylation sites is 2. The molecule has 6 heteroatoms. The molecule has 3 aromatic carbocycles. The van der Waals surface area contributed by atoms with E-state index >= 15 is 0 Å². The summed E-state index contributed by atoms with van der Waals surface area (Å²) in [5, 5.41) is 3.04. The van der Waals surface area contributed by atoms with Crippen molar-refractivity contribution in [2.75, 3.05) is 36.4 Å². The molecule has 39 heavy (non-hydrogen) atoms. The van der Waals surface area contributed by atoms with Crippen LogP contribution < -0.4 is 15.0 Å². The second kappa shape index (κ2) is 11.1. The Hall–Kier alpha value is -3.80. The van der Waals surface area contributed by atoms with Gasteiger partial charge in [-0.2, -0.15) is 0 Å². The van der Waals surface area contributed by atoms with E-state index in [-0.39, 0.29) is 23.1 Å². The van der Waals surface area contributed by atoms with Crippen molar-refractivity contribution in [2.45, 2.75) is 46.5 Å². The lowest BCUT2D eigenvalue weighted by molar-refractivity contribution is -0.132. The number of carbonyl (C=O) groups is 2. The van der Waals surface area contributed by atoms with Crippen molar-refractivity contribution < 1.29 is 14.3 Å². The van der Waals surface area contributed by atoms with Gasteiger partial charge < -0.3 is 19.9 Å². The molecule has 0 radical (unpaired) electrons. The Kier molecular flexibility index (Phi) is 7.65. The lowest BCUT2D eigenvalue weighted by Gasteiger charge is -2.38. The fourth-order valence-electron chi connectivity index (χ4n) is 5.95. The van der Waals surface area contributed by atoms with Crippen LogP contribution in [-0.4, -0.2) is 42.9 Å². The fraction of sp³-hybridized carbons (Fsp3) is 0.394. The van der Waals surface area contributed by atoms with Gasteiger partial charge in [0.2, 0.25) is 11.8 Å². The molecule has 1 atom stereocenters. The Bertz CT molecular complexity index is 1280. The van der Waals surface area contributed by atoms with Gasteiger partial charge in [-0.05, 0) is 54.2 Å². The summed E-state index contributed by atoms with van der Waals surface area (Å²) in [7, 11) is 0. The minimum Gasteiger partial charge on any atom is -0.457 e. The summed E-state index contributed by atoms with van der Waals surface area (Å²) in [6, 6.07) is 23.7. The van der Waals surface area contributed by atoms with Crippen LogP contribution in [-0.2, 0) is 9.59 Å². The maximum Gasteiger partial charge on any atom is 0.234 e. The molecule has 1 saturated heterocycles. The van der Waals surface area contributed by atoms with Gasteiger partial charge in [0.25, 0.3) is 0 Å². The molecule has 0 bridgehead atoms. The SMILES string of the molecule is CC(CC(=O)Nc1ccc(N2CCN(C(=O)C3c4ccccc4Oc4ccccc43)CC2)cc1)CC(C)(C)C. The van der Waals surface area contributed by atoms with E-state index < -0.39 is 0 Å². The first-order valence-corrected chi connectivity index (χ1v) is 14.0. The molecule has 0 saturated carbocycles. The first kappa shape index (κ1) is 26.8. The Labute approximate surface area is 232 Å². The monoisotopic (exact) mass is 525 g/mol. The van der Waals surface area contributed by atoms with Crippen LogP contribution in [0.1, 0.15) is 57.6 Å². The molecule has 2 heterocycles. The number of nitrogens with zero attached hydrogens (tertiary/aromatic N) is 2. The minimum atomic E-state index is -0.355. The topological polar surface area (TPSA) is 61.9 Å². The van der Waals surface area contributed by atoms with Crippen LogP contribution in [0.5, 0.6) is 11.5 Å². The lowest BCUT2D eigenvalue weighted by Crippen LogP contribution is -2.50. The number of hydrogen-bond donors (Lipinski definition) is 1. The van der Waals surface area contributed by atoms with E-state index in [0.717, 1.165) is 53.5 Å². The molecule has 2 aliphatic heterocycles. The van der Waals surface area contributed by atoms with Gasteiger partial charge in [0, 0.05) is 55.1 Å². The quantitative estimate of drug-likeness (QED) is 0.390. The number of hydrogen-bond acceptors (Lipinski definition) is 4. The van der Waals surface area contributed by atoms with Crippen LogP contribution in [0.15, 0.2) is 72.8 Å². The molecule has 6 nitrogen and oxygen atoms in total. The highest BCUT2D eigenvalue weighted by atomic mass is 16.5. The molecule has 2 amide bonds. The predicted molar refractivity (Wildman–Crippen MR) is 157 cm³/mol. The van der Waals surface area contributed by atoms with Crippen LogP contribution >= 0.6 is 0 Å². The van der Waals surface area contributed by atoms with Crippen LogP contribution in [0.3, 0.4) is 0 Å². The number of rotatable bonds is 6. The molecule has 1 unspecified atom stereocenters. The highest BCUT2D eigenvalue weighted by molar-refractivity contribution is 5.91. The van der Waals surface area contributed by atoms with Crippen molar-refractivity contribution in [1.29, 1.82) is 0 Å². The number of carbonyl (C=O) groups excluding carboxylic acids is 2. The number of anilines is 2. The number of amides is 2. The van der Waals surface area contributed by atoms with Crippen molar-refractivity contribution in [1.82, 2.24) is 4.90 Å². The molecule has 1 N–H and O–H groups in total. The molecular formula is C33H39N3O3. The summed E-state index contributed by atoms with van der Waals surface area (Å²) in [5.74, 6) is 1.67. The maximum absolute atomic E-state index is 13.8. The first-order valence-electron chi connectivity index (χ1n) is 14.0. The van der Waals surface area contributed by atoms with Crippen molar-refractivity contribution in [3.63, 3.8) is 0 Å². The zero-order chi connectivity index (χ0) is 27.6. The van der Waals surface area contributed by atoms with Crippen LogP contribution in [0, 0.1) is 11.3 Å². The smallest absolute Gasteiger partial charge is 0.234 e. The van der Waals surface area contributed by atoms with Crippen LogP contribution in [0.4, 0.5) is 11.4 Å². The summed E-state index contributed by atoms with van der Waals surface area (Å²) in [4.78, 5) is 30.6. The van der Waals surface area contributed by atoms with E-state index in [2.05, 4.69) is 50.0 Å². The number of benzene rings is 3. The van der Waals surface area contributed by atoms with E-state index in [0.29, 0.717) is 25.4 Å². The average molecular weight is 526 g/mol. The first-order chi connectivity index (χ1) is 18.7. The summed E-state index contributed by atoms with van der Waals surface area (Å²) < 4.78 is 6.09. The molecule has 204 valence electrons. The second-order valence-corrected chi connectivity index (χ2v) is 12.1. The molecular weight excluding hydrogens is 486 g/mol. The summed E-state index contributed by atoms with van der Waals surface area (Å²) in [6.45, 7) is 11.6. The van der Waals surface area contributed by atoms with Crippen LogP contribution in [0.2, 0.25) is 0 Å². The fourth-order valence-corrected chi connectivity index (χ4v) is 5.95. The number of nitrogens with one attached hydrogen (secondary N) is 1. The molecule has 2 aliphatic rings. The number of ether oxygens (including phenoxy) is 1. The van der Waals surface area contributed by atoms with Gasteiger partial charge in [0.15, 0.2) is 0 Å². The molecule has 0 aromatic heterocycles. The van der Waals surface area contributed by atoms with E-state index in [1.165, 1.54) is 0 Å². The third kappa shape index (κ3) is 6.27. The highest BCUT2D eigenvalue weighted by Crippen LogP contribution is 2.44. The molecule has 1 fully saturated rings. The zero-order valence-corrected chi connectivity index (χ0v) is 23.4. The Morgan fingerprint density at radius 3 is 2.00 bits per heavy atom. The highest BCUT2D eigenvalue weighted by Gasteiger charge is 2.36. The van der Waals surface area contributed by atoms with Crippen molar-refractivity contribution >= 4 is 23.2 Å². The van der Waals surface area contributed by atoms with Crippen molar-refractivity contribution in [3.8, 4) is 11.5 Å². The third-order valence-corrected chi connectivity index (χ3v) is 7.53. The van der Waals surface area contributed by atoms with Gasteiger partial charge in [0.1, 0.15) is 11.5 Å². The summed E-state index contributed by atoms with van der Waals surface area (Å²) >= 11 is 0. The summed E-state index contributed by atoms with van der Waals surface area (Å²) in [6.07, 6.45) is 1.54. The zero-order valence-electron chi connectivity index (χ0n) is 23.4. The Morgan fingerprint density at radius 1 is 0.872 bits per heavy atom. The molecule has 0 aliphatic carbocycles. The molecule has 0 spiro atoms. The lowest BCUT2D eigenvalue weighted by atomic mass is 9.84. The van der Waals surface area contributed by atoms with E-state index in [4.69, 9.17) is 4.74 Å². The van der Waals surface area contributed by atoms with Gasteiger partial charge in [-0.1, -0.05) is 64.1 Å². The Balaban J connectivity index is 1.19. The Morgan fingerprint density at radius 2 is 1.44 bits per heavy atom. The van der Waals surface area contributed by atoms with Gasteiger partial charge >= 0.3 is 0 Å². The third-order valence-electron chi connectivity index (χ3n) is 7.53. The van der Waals surface area contributed by atoms with Gasteiger partial charge in [-0.3, -0.25) is 9.59 Å². The average Bonchev–Trinajstić information content (AvgIpc) is 2.90. The van der Waals surface area contributed by atoms with Crippen molar-refractivity contribution in [3.05, 3.63) is 83.9 Å². The van der Waals surface area contributed by atoms with Crippen molar-refractivity contribution in [2.24, 2.45) is 11.3 Å². The predicted octanol–water partition coefficient (Wildman–Crippen LogP) is 6.67. The normalized spacial score (nSPS) is 16.1. The van der Waals surface area contributed by atoms with E-state index in [9.17, 15) is 9.59 Å². The minimum absolute atomic E-state index is 0.0582. The van der Waals surface area contributed by atoms with E-state index in [1.54, 1.807) is 0 Å². The van der Waals surface area contributed by atoms with Gasteiger partial charge in [-0.25, -0.2) is 0 Å².